The number of aromatic hydroxyl groups is 1. The van der Waals surface area contributed by atoms with Crippen LogP contribution in [0.5, 0.6) is 5.75 Å². The first-order chi connectivity index (χ1) is 26.1. The number of carbonyl (C=O) groups is 1. The van der Waals surface area contributed by atoms with Crippen molar-refractivity contribution >= 4 is 93.8 Å². The normalized spacial score (nSPS) is 12.3. The minimum absolute atomic E-state index is 0.122. The SMILES string of the molecule is Nc1ccc(N=Nc2ccc(NC(=O)c3ccc(N=Nc4c(S(=O)(=O)O)cc5cc(S(=O)(=O)O)c(N=Nc6ccccc6)c(O)c5c4N)cc3)cc2)c(N)c1. The summed E-state index contributed by atoms with van der Waals surface area (Å²) in [5.74, 6) is -1.36. The predicted octanol–water partition coefficient (Wildman–Crippen LogP) is 8.28. The van der Waals surface area contributed by atoms with Crippen LogP contribution in [0.3, 0.4) is 0 Å². The highest BCUT2D eigenvalue weighted by Gasteiger charge is 2.28. The Kier molecular flexibility index (Phi) is 10.3. The number of benzene rings is 6. The van der Waals surface area contributed by atoms with Crippen molar-refractivity contribution in [2.24, 2.45) is 30.7 Å². The standard InChI is InChI=1S/C35H28N10O8S2/c36-21-8-15-27(26(37)18-21)43-40-25-13-11-22(12-14-25)39-35(47)19-6-9-24(10-7-19)42-44-32-28(54(48,49)50)16-20-17-29(55(51,52)53)33(34(46)30(20)31(32)38)45-41-23-4-2-1-3-5-23/h1-18,46H,36-38H2,(H,39,47)(H,48,49,50)(H,51,52,53). The Labute approximate surface area is 312 Å². The van der Waals surface area contributed by atoms with Gasteiger partial charge in [0.1, 0.15) is 26.9 Å². The number of nitrogens with one attached hydrogen (secondary N) is 1. The second-order valence-electron chi connectivity index (χ2n) is 11.6. The molecule has 0 atom stereocenters. The number of phenols is 1. The topological polar surface area (TPSA) is 310 Å². The molecule has 0 fully saturated rings. The number of fused-ring (bicyclic) bond motifs is 1. The number of azo groups is 3. The number of amides is 1. The molecule has 0 aromatic heterocycles. The quantitative estimate of drug-likeness (QED) is 0.0394. The van der Waals surface area contributed by atoms with Crippen molar-refractivity contribution in [1.29, 1.82) is 0 Å². The van der Waals surface area contributed by atoms with Gasteiger partial charge in [0.15, 0.2) is 5.75 Å². The molecule has 10 N–H and O–H groups in total. The lowest BCUT2D eigenvalue weighted by Gasteiger charge is -2.14. The molecule has 55 heavy (non-hydrogen) atoms. The van der Waals surface area contributed by atoms with E-state index in [4.69, 9.17) is 17.2 Å². The van der Waals surface area contributed by atoms with Crippen molar-refractivity contribution in [3.05, 3.63) is 115 Å². The van der Waals surface area contributed by atoms with Gasteiger partial charge in [0, 0.05) is 16.9 Å². The molecule has 278 valence electrons. The summed E-state index contributed by atoms with van der Waals surface area (Å²) in [6.45, 7) is 0. The van der Waals surface area contributed by atoms with E-state index in [1.54, 1.807) is 60.7 Å². The molecule has 0 heterocycles. The molecule has 18 nitrogen and oxygen atoms in total. The van der Waals surface area contributed by atoms with Gasteiger partial charge < -0.3 is 27.6 Å². The van der Waals surface area contributed by atoms with E-state index in [0.29, 0.717) is 28.4 Å². The summed E-state index contributed by atoms with van der Waals surface area (Å²) in [5.41, 5.74) is 18.9. The average Bonchev–Trinajstić information content (AvgIpc) is 3.14. The summed E-state index contributed by atoms with van der Waals surface area (Å²) >= 11 is 0. The predicted molar refractivity (Wildman–Crippen MR) is 205 cm³/mol. The van der Waals surface area contributed by atoms with Crippen LogP contribution in [-0.4, -0.2) is 37.0 Å². The van der Waals surface area contributed by atoms with Crippen LogP contribution >= 0.6 is 0 Å². The lowest BCUT2D eigenvalue weighted by atomic mass is 10.1. The fourth-order valence-electron chi connectivity index (χ4n) is 5.08. The zero-order valence-electron chi connectivity index (χ0n) is 28.0. The number of anilines is 4. The lowest BCUT2D eigenvalue weighted by Crippen LogP contribution is -2.11. The molecule has 6 aromatic carbocycles. The highest BCUT2D eigenvalue weighted by molar-refractivity contribution is 7.86. The summed E-state index contributed by atoms with van der Waals surface area (Å²) < 4.78 is 69.3. The van der Waals surface area contributed by atoms with E-state index in [2.05, 4.69) is 36.0 Å². The van der Waals surface area contributed by atoms with Gasteiger partial charge in [-0.25, -0.2) is 0 Å². The second kappa shape index (κ2) is 15.1. The van der Waals surface area contributed by atoms with E-state index in [1.165, 1.54) is 36.4 Å². The van der Waals surface area contributed by atoms with Gasteiger partial charge in [-0.15, -0.1) is 15.3 Å². The van der Waals surface area contributed by atoms with Gasteiger partial charge in [0.2, 0.25) is 0 Å². The maximum absolute atomic E-state index is 12.9. The Bertz CT molecular complexity index is 2780. The molecule has 6 rings (SSSR count). The monoisotopic (exact) mass is 780 g/mol. The second-order valence-corrected chi connectivity index (χ2v) is 14.3. The van der Waals surface area contributed by atoms with Crippen molar-refractivity contribution in [1.82, 2.24) is 0 Å². The fourth-order valence-corrected chi connectivity index (χ4v) is 6.41. The molecule has 0 aliphatic rings. The zero-order valence-corrected chi connectivity index (χ0v) is 29.6. The van der Waals surface area contributed by atoms with Crippen LogP contribution in [0.25, 0.3) is 10.8 Å². The third-order valence-electron chi connectivity index (χ3n) is 7.74. The van der Waals surface area contributed by atoms with E-state index in [-0.39, 0.29) is 27.7 Å². The number of hydrogen-bond donors (Lipinski definition) is 7. The van der Waals surface area contributed by atoms with Crippen molar-refractivity contribution in [2.75, 3.05) is 22.5 Å². The van der Waals surface area contributed by atoms with Gasteiger partial charge >= 0.3 is 0 Å². The van der Waals surface area contributed by atoms with Crippen LogP contribution in [0.4, 0.5) is 56.9 Å². The Morgan fingerprint density at radius 1 is 0.600 bits per heavy atom. The van der Waals surface area contributed by atoms with Crippen LogP contribution in [0.1, 0.15) is 10.4 Å². The van der Waals surface area contributed by atoms with Crippen LogP contribution in [0.15, 0.2) is 150 Å². The number of carbonyl (C=O) groups excluding carboxylic acids is 1. The largest absolute Gasteiger partial charge is 0.505 e. The highest BCUT2D eigenvalue weighted by Crippen LogP contribution is 2.48. The molecule has 0 unspecified atom stereocenters. The first-order valence-corrected chi connectivity index (χ1v) is 18.5. The molecular weight excluding hydrogens is 753 g/mol. The fraction of sp³-hybridized carbons (Fsp3) is 0. The molecule has 6 aromatic rings. The summed E-state index contributed by atoms with van der Waals surface area (Å²) in [6.07, 6.45) is 0. The maximum atomic E-state index is 12.9. The Morgan fingerprint density at radius 3 is 1.71 bits per heavy atom. The Hall–Kier alpha value is -7.13. The maximum Gasteiger partial charge on any atom is 0.296 e. The van der Waals surface area contributed by atoms with E-state index in [9.17, 15) is 35.8 Å². The number of nitrogens with two attached hydrogens (primary N) is 3. The summed E-state index contributed by atoms with van der Waals surface area (Å²) in [7, 11) is -10.1. The molecule has 0 aliphatic carbocycles. The number of nitrogens with zero attached hydrogens (tertiary/aromatic N) is 6. The highest BCUT2D eigenvalue weighted by atomic mass is 32.2. The summed E-state index contributed by atoms with van der Waals surface area (Å²) in [6, 6.07) is 26.6. The Morgan fingerprint density at radius 2 is 1.13 bits per heavy atom. The zero-order chi connectivity index (χ0) is 39.5. The van der Waals surface area contributed by atoms with Crippen LogP contribution in [0, 0.1) is 0 Å². The molecule has 0 saturated heterocycles. The van der Waals surface area contributed by atoms with Gasteiger partial charge in [-0.3, -0.25) is 13.9 Å². The van der Waals surface area contributed by atoms with E-state index < -0.39 is 58.7 Å². The molecule has 20 heteroatoms. The van der Waals surface area contributed by atoms with E-state index >= 15 is 0 Å². The summed E-state index contributed by atoms with van der Waals surface area (Å²) in [5, 5.41) is 37.2. The van der Waals surface area contributed by atoms with Crippen molar-refractivity contribution in [3.8, 4) is 5.75 Å². The average molecular weight is 781 g/mol. The smallest absolute Gasteiger partial charge is 0.296 e. The van der Waals surface area contributed by atoms with Crippen molar-refractivity contribution in [2.45, 2.75) is 9.79 Å². The third-order valence-corrected chi connectivity index (χ3v) is 9.47. The van der Waals surface area contributed by atoms with Crippen LogP contribution in [-0.2, 0) is 20.2 Å². The minimum Gasteiger partial charge on any atom is -0.505 e. The summed E-state index contributed by atoms with van der Waals surface area (Å²) in [4.78, 5) is 11.1. The number of phenolic OH excluding ortho intramolecular Hbond substituents is 1. The number of nitrogen functional groups attached to an aromatic ring is 3. The first kappa shape index (κ1) is 37.6. The van der Waals surface area contributed by atoms with Gasteiger partial charge in [0.25, 0.3) is 26.1 Å². The van der Waals surface area contributed by atoms with E-state index in [0.717, 1.165) is 12.1 Å². The molecule has 0 aliphatic heterocycles. The Balaban J connectivity index is 1.26. The number of rotatable bonds is 10. The lowest BCUT2D eigenvalue weighted by molar-refractivity contribution is 0.102. The van der Waals surface area contributed by atoms with Crippen molar-refractivity contribution < 1.29 is 35.8 Å². The third kappa shape index (κ3) is 8.58. The van der Waals surface area contributed by atoms with Gasteiger partial charge in [-0.2, -0.15) is 32.2 Å². The van der Waals surface area contributed by atoms with Gasteiger partial charge in [0.05, 0.1) is 33.8 Å². The molecule has 0 spiro atoms. The van der Waals surface area contributed by atoms with Crippen molar-refractivity contribution in [3.63, 3.8) is 0 Å². The first-order valence-electron chi connectivity index (χ1n) is 15.6. The molecular formula is C35H28N10O8S2. The number of hydrogen-bond acceptors (Lipinski definition) is 15. The molecule has 0 saturated carbocycles. The van der Waals surface area contributed by atoms with Crippen LogP contribution in [0.2, 0.25) is 0 Å². The van der Waals surface area contributed by atoms with Gasteiger partial charge in [-0.05, 0) is 96.4 Å². The van der Waals surface area contributed by atoms with Crippen LogP contribution < -0.4 is 22.5 Å². The molecule has 0 bridgehead atoms. The minimum atomic E-state index is -5.08. The van der Waals surface area contributed by atoms with E-state index in [1.807, 2.05) is 0 Å². The molecule has 0 radical (unpaired) electrons. The van der Waals surface area contributed by atoms with Gasteiger partial charge in [-0.1, -0.05) is 18.2 Å². The molecule has 1 amide bonds.